The first-order valence-electron chi connectivity index (χ1n) is 6.13. The van der Waals surface area contributed by atoms with Crippen molar-refractivity contribution in [2.45, 2.75) is 26.4 Å². The van der Waals surface area contributed by atoms with Gasteiger partial charge in [-0.1, -0.05) is 0 Å². The zero-order chi connectivity index (χ0) is 15.3. The van der Waals surface area contributed by atoms with E-state index in [0.29, 0.717) is 5.69 Å². The second kappa shape index (κ2) is 6.69. The normalized spacial score (nSPS) is 11.8. The molecule has 0 aliphatic carbocycles. The highest BCUT2D eigenvalue weighted by Crippen LogP contribution is 2.05. The third kappa shape index (κ3) is 4.08. The zero-order valence-corrected chi connectivity index (χ0v) is 11.7. The molecule has 8 nitrogen and oxygen atoms in total. The molecule has 0 radical (unpaired) electrons. The molecule has 8 heteroatoms. The Kier molecular flexibility index (Phi) is 5.24. The average molecular weight is 282 g/mol. The Morgan fingerprint density at radius 1 is 1.55 bits per heavy atom. The lowest BCUT2D eigenvalue weighted by molar-refractivity contribution is -0.142. The molecule has 1 amide bonds. The molecule has 20 heavy (non-hydrogen) atoms. The van der Waals surface area contributed by atoms with Gasteiger partial charge < -0.3 is 15.3 Å². The van der Waals surface area contributed by atoms with Crippen LogP contribution in [-0.4, -0.2) is 46.4 Å². The highest BCUT2D eigenvalue weighted by Gasteiger charge is 2.20. The zero-order valence-electron chi connectivity index (χ0n) is 11.7. The molecule has 0 saturated carbocycles. The van der Waals surface area contributed by atoms with E-state index in [1.807, 2.05) is 18.9 Å². The van der Waals surface area contributed by atoms with Crippen LogP contribution in [0.25, 0.3) is 0 Å². The summed E-state index contributed by atoms with van der Waals surface area (Å²) >= 11 is 0. The summed E-state index contributed by atoms with van der Waals surface area (Å²) in [5, 5.41) is 15.2. The number of carboxylic acid groups (broad SMARTS) is 1. The molecule has 1 rings (SSSR count). The molecule has 1 atom stereocenters. The molecule has 1 aromatic heterocycles. The smallest absolute Gasteiger partial charge is 0.328 e. The minimum atomic E-state index is -1.22. The van der Waals surface area contributed by atoms with Crippen LogP contribution in [0.4, 0.5) is 5.69 Å². The lowest BCUT2D eigenvalue weighted by Crippen LogP contribution is -2.45. The number of anilines is 1. The van der Waals surface area contributed by atoms with Gasteiger partial charge in [-0.05, 0) is 6.92 Å². The maximum Gasteiger partial charge on any atom is 0.328 e. The summed E-state index contributed by atoms with van der Waals surface area (Å²) in [5.41, 5.74) is 0.236. The fourth-order valence-corrected chi connectivity index (χ4v) is 1.56. The number of aromatic nitrogens is 2. The molecule has 1 heterocycles. The largest absolute Gasteiger partial charge is 0.480 e. The van der Waals surface area contributed by atoms with E-state index in [4.69, 9.17) is 5.11 Å². The molecule has 0 aliphatic heterocycles. The van der Waals surface area contributed by atoms with Gasteiger partial charge in [0, 0.05) is 26.6 Å². The standard InChI is InChI=1S/C12H18N4O4/c1-4-15(3)9-5-11(18)16(13-6-9)7-10(12(19)20)14-8(2)17/h5-6,10H,4,7H2,1-3H3,(H,14,17)(H,19,20). The van der Waals surface area contributed by atoms with Crippen molar-refractivity contribution >= 4 is 17.6 Å². The van der Waals surface area contributed by atoms with Crippen molar-refractivity contribution in [3.8, 4) is 0 Å². The Labute approximate surface area is 116 Å². The predicted molar refractivity (Wildman–Crippen MR) is 72.7 cm³/mol. The number of carbonyl (C=O) groups is 2. The lowest BCUT2D eigenvalue weighted by Gasteiger charge is -2.17. The van der Waals surface area contributed by atoms with E-state index in [-0.39, 0.29) is 6.54 Å². The summed E-state index contributed by atoms with van der Waals surface area (Å²) in [4.78, 5) is 35.6. The van der Waals surface area contributed by atoms with Crippen LogP contribution >= 0.6 is 0 Å². The number of hydrogen-bond donors (Lipinski definition) is 2. The Balaban J connectivity index is 2.94. The fourth-order valence-electron chi connectivity index (χ4n) is 1.56. The Hall–Kier alpha value is -2.38. The van der Waals surface area contributed by atoms with Gasteiger partial charge in [0.15, 0.2) is 0 Å². The number of hydrogen-bond acceptors (Lipinski definition) is 5. The maximum absolute atomic E-state index is 11.9. The molecule has 2 N–H and O–H groups in total. The summed E-state index contributed by atoms with van der Waals surface area (Å²) in [6.07, 6.45) is 1.48. The van der Waals surface area contributed by atoms with Crippen molar-refractivity contribution in [1.82, 2.24) is 15.1 Å². The molecule has 1 aromatic rings. The molecular formula is C12H18N4O4. The SMILES string of the molecule is CCN(C)c1cnn(CC(NC(C)=O)C(=O)O)c(=O)c1. The molecule has 110 valence electrons. The lowest BCUT2D eigenvalue weighted by atomic mass is 10.3. The number of carboxylic acids is 1. The third-order valence-corrected chi connectivity index (χ3v) is 2.80. The average Bonchev–Trinajstić information content (AvgIpc) is 2.38. The number of nitrogens with zero attached hydrogens (tertiary/aromatic N) is 3. The number of rotatable bonds is 6. The van der Waals surface area contributed by atoms with Gasteiger partial charge >= 0.3 is 5.97 Å². The van der Waals surface area contributed by atoms with Gasteiger partial charge in [-0.3, -0.25) is 9.59 Å². The van der Waals surface area contributed by atoms with E-state index in [1.165, 1.54) is 19.2 Å². The molecule has 0 aliphatic rings. The molecule has 0 spiro atoms. The van der Waals surface area contributed by atoms with Crippen molar-refractivity contribution in [2.24, 2.45) is 0 Å². The maximum atomic E-state index is 11.9. The summed E-state index contributed by atoms with van der Waals surface area (Å²) in [5.74, 6) is -1.70. The number of nitrogens with one attached hydrogen (secondary N) is 1. The predicted octanol–water partition coefficient (Wildman–Crippen LogP) is -0.711. The van der Waals surface area contributed by atoms with E-state index >= 15 is 0 Å². The van der Waals surface area contributed by atoms with Crippen LogP contribution in [0.15, 0.2) is 17.1 Å². The van der Waals surface area contributed by atoms with Gasteiger partial charge in [0.25, 0.3) is 5.56 Å². The van der Waals surface area contributed by atoms with E-state index in [9.17, 15) is 14.4 Å². The first kappa shape index (κ1) is 15.7. The molecule has 1 unspecified atom stereocenters. The van der Waals surface area contributed by atoms with Crippen LogP contribution in [0.2, 0.25) is 0 Å². The molecular weight excluding hydrogens is 264 g/mol. The first-order chi connectivity index (χ1) is 9.35. The van der Waals surface area contributed by atoms with Crippen molar-refractivity contribution in [3.63, 3.8) is 0 Å². The highest BCUT2D eigenvalue weighted by molar-refractivity contribution is 5.81. The first-order valence-corrected chi connectivity index (χ1v) is 6.13. The van der Waals surface area contributed by atoms with Gasteiger partial charge in [-0.15, -0.1) is 0 Å². The van der Waals surface area contributed by atoms with Gasteiger partial charge in [0.05, 0.1) is 18.4 Å². The Morgan fingerprint density at radius 2 is 2.20 bits per heavy atom. The number of carbonyl (C=O) groups excluding carboxylic acids is 1. The van der Waals surface area contributed by atoms with Crippen LogP contribution in [-0.2, 0) is 16.1 Å². The van der Waals surface area contributed by atoms with Crippen LogP contribution in [0.1, 0.15) is 13.8 Å². The topological polar surface area (TPSA) is 105 Å². The van der Waals surface area contributed by atoms with E-state index in [0.717, 1.165) is 11.2 Å². The van der Waals surface area contributed by atoms with Crippen molar-refractivity contribution < 1.29 is 14.7 Å². The van der Waals surface area contributed by atoms with E-state index in [2.05, 4.69) is 10.4 Å². The summed E-state index contributed by atoms with van der Waals surface area (Å²) < 4.78 is 1.02. The van der Waals surface area contributed by atoms with Gasteiger partial charge in [-0.25, -0.2) is 9.48 Å². The minimum Gasteiger partial charge on any atom is -0.480 e. The molecule has 0 aromatic carbocycles. The molecule has 0 bridgehead atoms. The summed E-state index contributed by atoms with van der Waals surface area (Å²) in [7, 11) is 1.82. The molecule has 0 saturated heterocycles. The van der Waals surface area contributed by atoms with Crippen LogP contribution in [0.3, 0.4) is 0 Å². The third-order valence-electron chi connectivity index (χ3n) is 2.80. The second-order valence-electron chi connectivity index (χ2n) is 4.34. The monoisotopic (exact) mass is 282 g/mol. The van der Waals surface area contributed by atoms with Crippen molar-refractivity contribution in [2.75, 3.05) is 18.5 Å². The fraction of sp³-hybridized carbons (Fsp3) is 0.500. The van der Waals surface area contributed by atoms with Crippen LogP contribution in [0, 0.1) is 0 Å². The highest BCUT2D eigenvalue weighted by atomic mass is 16.4. The quantitative estimate of drug-likeness (QED) is 0.714. The molecule has 0 fully saturated rings. The van der Waals surface area contributed by atoms with Gasteiger partial charge in [0.2, 0.25) is 5.91 Å². The van der Waals surface area contributed by atoms with E-state index < -0.39 is 23.5 Å². The minimum absolute atomic E-state index is 0.218. The summed E-state index contributed by atoms with van der Waals surface area (Å²) in [6.45, 7) is 3.65. The second-order valence-corrected chi connectivity index (χ2v) is 4.34. The number of aliphatic carboxylic acids is 1. The van der Waals surface area contributed by atoms with Crippen LogP contribution in [0.5, 0.6) is 0 Å². The van der Waals surface area contributed by atoms with Gasteiger partial charge in [0.1, 0.15) is 6.04 Å². The Morgan fingerprint density at radius 3 is 2.65 bits per heavy atom. The van der Waals surface area contributed by atoms with Crippen molar-refractivity contribution in [3.05, 3.63) is 22.6 Å². The van der Waals surface area contributed by atoms with E-state index in [1.54, 1.807) is 0 Å². The number of amides is 1. The van der Waals surface area contributed by atoms with Crippen LogP contribution < -0.4 is 15.8 Å². The van der Waals surface area contributed by atoms with Gasteiger partial charge in [-0.2, -0.15) is 5.10 Å². The summed E-state index contributed by atoms with van der Waals surface area (Å²) in [6, 6.07) is 0.191. The van der Waals surface area contributed by atoms with Crippen molar-refractivity contribution in [1.29, 1.82) is 0 Å². The Bertz CT molecular complexity index is 555.